The van der Waals surface area contributed by atoms with Gasteiger partial charge >= 0.3 is 0 Å². The Balaban J connectivity index is 1.35. The third-order valence-corrected chi connectivity index (χ3v) is 5.66. The molecule has 0 radical (unpaired) electrons. The fourth-order valence-corrected chi connectivity index (χ4v) is 3.91. The fraction of sp³-hybridized carbons (Fsp3) is 0.125. The van der Waals surface area contributed by atoms with E-state index in [0.29, 0.717) is 5.16 Å². The average Bonchev–Trinajstić information content (AvgIpc) is 3.28. The van der Waals surface area contributed by atoms with Gasteiger partial charge in [0.2, 0.25) is 5.91 Å². The molecule has 0 atom stereocenters. The second-order valence-electron chi connectivity index (χ2n) is 6.87. The highest BCUT2D eigenvalue weighted by Crippen LogP contribution is 2.23. The molecular formula is C24H23N5OS. The number of nitrogens with zero attached hydrogens (tertiary/aromatic N) is 3. The van der Waals surface area contributed by atoms with Gasteiger partial charge in [-0.25, -0.2) is 0 Å². The number of rotatable bonds is 8. The standard InChI is InChI=1S/C24H23N5OS/c1-2-18-8-6-7-11-22(18)29-17-25-28-24(29)31-16-23(30)27-21-14-12-20(13-15-21)26-19-9-4-3-5-10-19/h3-15,17,26H,2,16H2,1H3,(H,27,30). The predicted octanol–water partition coefficient (Wildman–Crippen LogP) is 5.30. The summed E-state index contributed by atoms with van der Waals surface area (Å²) >= 11 is 1.36. The van der Waals surface area contributed by atoms with Crippen LogP contribution in [0, 0.1) is 0 Å². The molecule has 156 valence electrons. The van der Waals surface area contributed by atoms with Crippen molar-refractivity contribution in [2.75, 3.05) is 16.4 Å². The van der Waals surface area contributed by atoms with Crippen LogP contribution in [0.25, 0.3) is 5.69 Å². The van der Waals surface area contributed by atoms with Crippen LogP contribution in [0.5, 0.6) is 0 Å². The number of aryl methyl sites for hydroxylation is 1. The number of thioether (sulfide) groups is 1. The number of carbonyl (C=O) groups is 1. The Morgan fingerprint density at radius 1 is 0.903 bits per heavy atom. The first-order valence-corrected chi connectivity index (χ1v) is 11.0. The number of carbonyl (C=O) groups excluding carboxylic acids is 1. The molecule has 3 aromatic carbocycles. The van der Waals surface area contributed by atoms with Crippen LogP contribution < -0.4 is 10.6 Å². The van der Waals surface area contributed by atoms with E-state index in [1.807, 2.05) is 77.4 Å². The van der Waals surface area contributed by atoms with Crippen molar-refractivity contribution < 1.29 is 4.79 Å². The van der Waals surface area contributed by atoms with Gasteiger partial charge < -0.3 is 10.6 Å². The Hall–Kier alpha value is -3.58. The van der Waals surface area contributed by atoms with Crippen molar-refractivity contribution in [2.45, 2.75) is 18.5 Å². The van der Waals surface area contributed by atoms with Crippen LogP contribution in [0.15, 0.2) is 90.3 Å². The number of aromatic nitrogens is 3. The van der Waals surface area contributed by atoms with Gasteiger partial charge in [0.25, 0.3) is 0 Å². The SMILES string of the molecule is CCc1ccccc1-n1cnnc1SCC(=O)Nc1ccc(Nc2ccccc2)cc1. The second kappa shape index (κ2) is 9.95. The molecular weight excluding hydrogens is 406 g/mol. The summed E-state index contributed by atoms with van der Waals surface area (Å²) in [5.74, 6) is 0.156. The van der Waals surface area contributed by atoms with Gasteiger partial charge in [-0.15, -0.1) is 10.2 Å². The molecule has 31 heavy (non-hydrogen) atoms. The molecule has 1 heterocycles. The largest absolute Gasteiger partial charge is 0.356 e. The number of nitrogens with one attached hydrogen (secondary N) is 2. The highest BCUT2D eigenvalue weighted by Gasteiger charge is 2.12. The highest BCUT2D eigenvalue weighted by atomic mass is 32.2. The highest BCUT2D eigenvalue weighted by molar-refractivity contribution is 7.99. The van der Waals surface area contributed by atoms with Crippen LogP contribution in [-0.4, -0.2) is 26.4 Å². The van der Waals surface area contributed by atoms with Crippen molar-refractivity contribution in [3.05, 3.63) is 90.8 Å². The lowest BCUT2D eigenvalue weighted by Crippen LogP contribution is -2.14. The Kier molecular flexibility index (Phi) is 6.64. The normalized spacial score (nSPS) is 10.6. The minimum absolute atomic E-state index is 0.0907. The van der Waals surface area contributed by atoms with E-state index in [0.717, 1.165) is 29.2 Å². The van der Waals surface area contributed by atoms with E-state index in [4.69, 9.17) is 0 Å². The molecule has 2 N–H and O–H groups in total. The van der Waals surface area contributed by atoms with Crippen LogP contribution in [0.4, 0.5) is 17.1 Å². The molecule has 0 fully saturated rings. The average molecular weight is 430 g/mol. The molecule has 0 unspecified atom stereocenters. The molecule has 0 aliphatic carbocycles. The van der Waals surface area contributed by atoms with Gasteiger partial charge in [-0.05, 0) is 54.4 Å². The van der Waals surface area contributed by atoms with Crippen LogP contribution in [0.2, 0.25) is 0 Å². The van der Waals surface area contributed by atoms with Crippen LogP contribution in [-0.2, 0) is 11.2 Å². The zero-order valence-electron chi connectivity index (χ0n) is 17.2. The first-order chi connectivity index (χ1) is 15.2. The van der Waals surface area contributed by atoms with Crippen molar-refractivity contribution in [3.63, 3.8) is 0 Å². The maximum absolute atomic E-state index is 12.4. The molecule has 0 saturated carbocycles. The molecule has 0 saturated heterocycles. The number of benzene rings is 3. The van der Waals surface area contributed by atoms with E-state index in [1.165, 1.54) is 17.3 Å². The summed E-state index contributed by atoms with van der Waals surface area (Å²) in [6.45, 7) is 2.12. The Bertz CT molecular complexity index is 1140. The summed E-state index contributed by atoms with van der Waals surface area (Å²) in [4.78, 5) is 12.4. The van der Waals surface area contributed by atoms with E-state index in [1.54, 1.807) is 6.33 Å². The minimum Gasteiger partial charge on any atom is -0.356 e. The van der Waals surface area contributed by atoms with E-state index in [9.17, 15) is 4.79 Å². The first-order valence-electron chi connectivity index (χ1n) is 10.1. The minimum atomic E-state index is -0.0907. The molecule has 0 bridgehead atoms. The zero-order chi connectivity index (χ0) is 21.5. The van der Waals surface area contributed by atoms with Crippen molar-refractivity contribution in [1.82, 2.24) is 14.8 Å². The summed E-state index contributed by atoms with van der Waals surface area (Å²) in [5, 5.41) is 15.2. The van der Waals surface area contributed by atoms with E-state index >= 15 is 0 Å². The molecule has 6 nitrogen and oxygen atoms in total. The van der Waals surface area contributed by atoms with E-state index < -0.39 is 0 Å². The third-order valence-electron chi connectivity index (χ3n) is 4.71. The predicted molar refractivity (Wildman–Crippen MR) is 126 cm³/mol. The van der Waals surface area contributed by atoms with Crippen molar-refractivity contribution in [2.24, 2.45) is 0 Å². The summed E-state index contributed by atoms with van der Waals surface area (Å²) in [6, 6.07) is 25.7. The van der Waals surface area contributed by atoms with Gasteiger partial charge in [-0.3, -0.25) is 9.36 Å². The number of amides is 1. The van der Waals surface area contributed by atoms with Gasteiger partial charge in [-0.1, -0.05) is 55.1 Å². The van der Waals surface area contributed by atoms with Gasteiger partial charge in [0, 0.05) is 17.1 Å². The number of hydrogen-bond acceptors (Lipinski definition) is 5. The topological polar surface area (TPSA) is 71.8 Å². The van der Waals surface area contributed by atoms with Crippen LogP contribution in [0.3, 0.4) is 0 Å². The third kappa shape index (κ3) is 5.32. The molecule has 1 amide bonds. The Morgan fingerprint density at radius 2 is 1.58 bits per heavy atom. The van der Waals surface area contributed by atoms with Crippen molar-refractivity contribution in [1.29, 1.82) is 0 Å². The van der Waals surface area contributed by atoms with Crippen molar-refractivity contribution >= 4 is 34.7 Å². The fourth-order valence-electron chi connectivity index (χ4n) is 3.19. The Labute approximate surface area is 185 Å². The molecule has 4 aromatic rings. The quantitative estimate of drug-likeness (QED) is 0.372. The van der Waals surface area contributed by atoms with Crippen LogP contribution >= 0.6 is 11.8 Å². The molecule has 4 rings (SSSR count). The summed E-state index contributed by atoms with van der Waals surface area (Å²) in [7, 11) is 0. The Morgan fingerprint density at radius 3 is 2.35 bits per heavy atom. The maximum atomic E-state index is 12.4. The zero-order valence-corrected chi connectivity index (χ0v) is 18.0. The number of hydrogen-bond donors (Lipinski definition) is 2. The van der Waals surface area contributed by atoms with Gasteiger partial charge in [0.1, 0.15) is 6.33 Å². The maximum Gasteiger partial charge on any atom is 0.234 e. The van der Waals surface area contributed by atoms with Crippen LogP contribution in [0.1, 0.15) is 12.5 Å². The second-order valence-corrected chi connectivity index (χ2v) is 7.81. The first kappa shape index (κ1) is 20.7. The molecule has 0 spiro atoms. The lowest BCUT2D eigenvalue weighted by atomic mass is 10.1. The van der Waals surface area contributed by atoms with Gasteiger partial charge in [-0.2, -0.15) is 0 Å². The smallest absolute Gasteiger partial charge is 0.234 e. The number of para-hydroxylation sites is 2. The molecule has 0 aliphatic heterocycles. The van der Waals surface area contributed by atoms with Gasteiger partial charge in [0.05, 0.1) is 11.4 Å². The van der Waals surface area contributed by atoms with Crippen molar-refractivity contribution in [3.8, 4) is 5.69 Å². The molecule has 7 heteroatoms. The summed E-state index contributed by atoms with van der Waals surface area (Å²) in [6.07, 6.45) is 2.60. The van der Waals surface area contributed by atoms with Gasteiger partial charge in [0.15, 0.2) is 5.16 Å². The summed E-state index contributed by atoms with van der Waals surface area (Å²) < 4.78 is 1.93. The summed E-state index contributed by atoms with van der Waals surface area (Å²) in [5.41, 5.74) is 4.98. The lowest BCUT2D eigenvalue weighted by Gasteiger charge is -2.11. The molecule has 1 aromatic heterocycles. The molecule has 0 aliphatic rings. The monoisotopic (exact) mass is 429 g/mol. The van der Waals surface area contributed by atoms with E-state index in [2.05, 4.69) is 33.8 Å². The van der Waals surface area contributed by atoms with E-state index in [-0.39, 0.29) is 11.7 Å². The number of anilines is 3. The lowest BCUT2D eigenvalue weighted by molar-refractivity contribution is -0.113.